The van der Waals surface area contributed by atoms with Crippen LogP contribution in [-0.4, -0.2) is 4.98 Å². The number of hydrogen-bond donors (Lipinski definition) is 1. The summed E-state index contributed by atoms with van der Waals surface area (Å²) in [6.07, 6.45) is 3.53. The summed E-state index contributed by atoms with van der Waals surface area (Å²) in [6, 6.07) is 12.6. The molecular formula is C16H13FN2S. The van der Waals surface area contributed by atoms with Crippen molar-refractivity contribution in [2.24, 2.45) is 5.73 Å². The van der Waals surface area contributed by atoms with E-state index < -0.39 is 0 Å². The lowest BCUT2D eigenvalue weighted by Gasteiger charge is -2.04. The van der Waals surface area contributed by atoms with Crippen molar-refractivity contribution >= 4 is 11.3 Å². The Kier molecular flexibility index (Phi) is 3.58. The highest BCUT2D eigenvalue weighted by atomic mass is 32.1. The second-order valence-corrected chi connectivity index (χ2v) is 5.54. The first-order chi connectivity index (χ1) is 9.78. The first kappa shape index (κ1) is 13.0. The summed E-state index contributed by atoms with van der Waals surface area (Å²) in [5, 5.41) is 0. The highest BCUT2D eigenvalue weighted by Gasteiger charge is 2.12. The molecule has 0 aliphatic carbocycles. The minimum atomic E-state index is -0.227. The molecule has 3 aromatic rings. The van der Waals surface area contributed by atoms with Crippen LogP contribution in [0, 0.1) is 5.82 Å². The molecule has 0 spiro atoms. The molecule has 0 radical (unpaired) electrons. The van der Waals surface area contributed by atoms with Crippen LogP contribution in [0.1, 0.15) is 4.88 Å². The molecule has 0 bridgehead atoms. The average molecular weight is 284 g/mol. The Balaban J connectivity index is 2.15. The fourth-order valence-corrected chi connectivity index (χ4v) is 3.17. The molecule has 2 aromatic heterocycles. The Hall–Kier alpha value is -2.04. The monoisotopic (exact) mass is 284 g/mol. The Labute approximate surface area is 120 Å². The standard InChI is InChI=1S/C16H13FN2S/c17-13-3-1-12(2-4-13)16-15(9-14(10-18)20-16)11-5-7-19-8-6-11/h1-9H,10,18H2. The number of halogens is 1. The number of nitrogens with two attached hydrogens (primary N) is 1. The zero-order chi connectivity index (χ0) is 13.9. The van der Waals surface area contributed by atoms with Gasteiger partial charge in [0.1, 0.15) is 5.82 Å². The third-order valence-electron chi connectivity index (χ3n) is 3.08. The molecule has 0 saturated carbocycles. The molecule has 2 nitrogen and oxygen atoms in total. The molecule has 4 heteroatoms. The Morgan fingerprint density at radius 3 is 2.35 bits per heavy atom. The summed E-state index contributed by atoms with van der Waals surface area (Å²) in [5.41, 5.74) is 8.96. The predicted octanol–water partition coefficient (Wildman–Crippen LogP) is 4.07. The topological polar surface area (TPSA) is 38.9 Å². The van der Waals surface area contributed by atoms with E-state index in [-0.39, 0.29) is 5.82 Å². The molecule has 1 aromatic carbocycles. The molecule has 2 N–H and O–H groups in total. The molecule has 0 fully saturated rings. The van der Waals surface area contributed by atoms with Gasteiger partial charge in [0.25, 0.3) is 0 Å². The van der Waals surface area contributed by atoms with Gasteiger partial charge in [0.05, 0.1) is 0 Å². The first-order valence-corrected chi connectivity index (χ1v) is 7.08. The molecule has 0 aliphatic heterocycles. The van der Waals surface area contributed by atoms with E-state index in [1.54, 1.807) is 35.9 Å². The fraction of sp³-hybridized carbons (Fsp3) is 0.0625. The van der Waals surface area contributed by atoms with Crippen molar-refractivity contribution < 1.29 is 4.39 Å². The third kappa shape index (κ3) is 2.48. The van der Waals surface area contributed by atoms with Crippen LogP contribution in [-0.2, 0) is 6.54 Å². The summed E-state index contributed by atoms with van der Waals surface area (Å²) in [7, 11) is 0. The minimum absolute atomic E-state index is 0.227. The summed E-state index contributed by atoms with van der Waals surface area (Å²) >= 11 is 1.65. The van der Waals surface area contributed by atoms with E-state index in [0.717, 1.165) is 26.4 Å². The normalized spacial score (nSPS) is 10.7. The van der Waals surface area contributed by atoms with E-state index in [2.05, 4.69) is 11.1 Å². The van der Waals surface area contributed by atoms with Crippen LogP contribution < -0.4 is 5.73 Å². The SMILES string of the molecule is NCc1cc(-c2ccncc2)c(-c2ccc(F)cc2)s1. The Bertz CT molecular complexity index is 705. The van der Waals surface area contributed by atoms with Crippen molar-refractivity contribution in [2.75, 3.05) is 0 Å². The lowest BCUT2D eigenvalue weighted by Crippen LogP contribution is -1.91. The Morgan fingerprint density at radius 1 is 1.00 bits per heavy atom. The van der Waals surface area contributed by atoms with Crippen molar-refractivity contribution in [3.8, 4) is 21.6 Å². The van der Waals surface area contributed by atoms with Gasteiger partial charge in [-0.1, -0.05) is 12.1 Å². The number of benzene rings is 1. The number of nitrogens with zero attached hydrogens (tertiary/aromatic N) is 1. The summed E-state index contributed by atoms with van der Waals surface area (Å²) in [4.78, 5) is 6.26. The summed E-state index contributed by atoms with van der Waals surface area (Å²) in [6.45, 7) is 0.504. The molecule has 3 rings (SSSR count). The molecule has 2 heterocycles. The van der Waals surface area contributed by atoms with Crippen molar-refractivity contribution in [2.45, 2.75) is 6.54 Å². The van der Waals surface area contributed by atoms with Crippen LogP contribution in [0.5, 0.6) is 0 Å². The Morgan fingerprint density at radius 2 is 1.70 bits per heavy atom. The smallest absolute Gasteiger partial charge is 0.123 e. The van der Waals surface area contributed by atoms with Gasteiger partial charge in [0.15, 0.2) is 0 Å². The zero-order valence-corrected chi connectivity index (χ0v) is 11.5. The largest absolute Gasteiger partial charge is 0.326 e. The fourth-order valence-electron chi connectivity index (χ4n) is 2.10. The van der Waals surface area contributed by atoms with Gasteiger partial charge < -0.3 is 5.73 Å². The maximum Gasteiger partial charge on any atom is 0.123 e. The molecule has 20 heavy (non-hydrogen) atoms. The van der Waals surface area contributed by atoms with Gasteiger partial charge >= 0.3 is 0 Å². The van der Waals surface area contributed by atoms with Crippen molar-refractivity contribution in [1.29, 1.82) is 0 Å². The van der Waals surface area contributed by atoms with Crippen molar-refractivity contribution in [3.63, 3.8) is 0 Å². The van der Waals surface area contributed by atoms with Gasteiger partial charge in [-0.25, -0.2) is 4.39 Å². The van der Waals surface area contributed by atoms with Gasteiger partial charge in [-0.05, 0) is 41.5 Å². The van der Waals surface area contributed by atoms with E-state index in [1.807, 2.05) is 12.1 Å². The van der Waals surface area contributed by atoms with Gasteiger partial charge in [-0.15, -0.1) is 11.3 Å². The summed E-state index contributed by atoms with van der Waals surface area (Å²) < 4.78 is 13.1. The molecule has 0 atom stereocenters. The second kappa shape index (κ2) is 5.53. The first-order valence-electron chi connectivity index (χ1n) is 6.27. The van der Waals surface area contributed by atoms with Crippen LogP contribution >= 0.6 is 11.3 Å². The van der Waals surface area contributed by atoms with E-state index in [9.17, 15) is 4.39 Å². The molecule has 100 valence electrons. The van der Waals surface area contributed by atoms with E-state index >= 15 is 0 Å². The van der Waals surface area contributed by atoms with Crippen molar-refractivity contribution in [1.82, 2.24) is 4.98 Å². The quantitative estimate of drug-likeness (QED) is 0.787. The average Bonchev–Trinajstić information content (AvgIpc) is 2.93. The van der Waals surface area contributed by atoms with Crippen LogP contribution in [0.15, 0.2) is 54.9 Å². The van der Waals surface area contributed by atoms with Crippen LogP contribution in [0.3, 0.4) is 0 Å². The second-order valence-electron chi connectivity index (χ2n) is 4.40. The van der Waals surface area contributed by atoms with E-state index in [0.29, 0.717) is 6.54 Å². The number of pyridine rings is 1. The van der Waals surface area contributed by atoms with Gasteiger partial charge in [-0.3, -0.25) is 4.98 Å². The number of rotatable bonds is 3. The highest BCUT2D eigenvalue weighted by molar-refractivity contribution is 7.16. The molecule has 0 aliphatic rings. The minimum Gasteiger partial charge on any atom is -0.326 e. The van der Waals surface area contributed by atoms with E-state index in [4.69, 9.17) is 5.73 Å². The maximum absolute atomic E-state index is 13.1. The number of aromatic nitrogens is 1. The van der Waals surface area contributed by atoms with E-state index in [1.165, 1.54) is 12.1 Å². The zero-order valence-electron chi connectivity index (χ0n) is 10.7. The van der Waals surface area contributed by atoms with Crippen LogP contribution in [0.25, 0.3) is 21.6 Å². The molecule has 0 saturated heterocycles. The highest BCUT2D eigenvalue weighted by Crippen LogP contribution is 2.39. The predicted molar refractivity (Wildman–Crippen MR) is 80.8 cm³/mol. The number of thiophene rings is 1. The summed E-state index contributed by atoms with van der Waals surface area (Å²) in [5.74, 6) is -0.227. The van der Waals surface area contributed by atoms with Crippen molar-refractivity contribution in [3.05, 3.63) is 65.6 Å². The molecular weight excluding hydrogens is 271 g/mol. The molecule has 0 unspecified atom stereocenters. The maximum atomic E-state index is 13.1. The van der Waals surface area contributed by atoms with Gasteiger partial charge in [0, 0.05) is 34.3 Å². The van der Waals surface area contributed by atoms with Crippen LogP contribution in [0.2, 0.25) is 0 Å². The molecule has 0 amide bonds. The lowest BCUT2D eigenvalue weighted by molar-refractivity contribution is 0.628. The van der Waals surface area contributed by atoms with Crippen LogP contribution in [0.4, 0.5) is 4.39 Å². The van der Waals surface area contributed by atoms with Gasteiger partial charge in [0.2, 0.25) is 0 Å². The number of hydrogen-bond acceptors (Lipinski definition) is 3. The lowest BCUT2D eigenvalue weighted by atomic mass is 10.0. The third-order valence-corrected chi connectivity index (χ3v) is 4.29. The van der Waals surface area contributed by atoms with Gasteiger partial charge in [-0.2, -0.15) is 0 Å².